The number of carbonyl (C=O) groups excluding carboxylic acids is 1. The topological polar surface area (TPSA) is 111 Å². The fraction of sp³-hybridized carbons (Fsp3) is 0.370. The van der Waals surface area contributed by atoms with Crippen LogP contribution in [-0.2, 0) is 14.0 Å². The minimum atomic E-state index is -2.90. The lowest BCUT2D eigenvalue weighted by Gasteiger charge is -2.43. The molecule has 0 bridgehead atoms. The SMILES string of the molecule is Cc1cn([C@@H]2O[C@H](CO[Si](c3ccccc3)(c3ccccc3)C(C)(C)C)[C@@H](C=O)[C@H]2O)c(=O)[nH]c1=O. The average molecular weight is 509 g/mol. The number of carbonyl (C=O) groups is 1. The Bertz CT molecular complexity index is 1280. The summed E-state index contributed by atoms with van der Waals surface area (Å²) < 4.78 is 14.1. The van der Waals surface area contributed by atoms with Crippen molar-refractivity contribution in [2.24, 2.45) is 5.92 Å². The van der Waals surface area contributed by atoms with E-state index >= 15 is 0 Å². The first-order valence-electron chi connectivity index (χ1n) is 12.0. The van der Waals surface area contributed by atoms with E-state index in [9.17, 15) is 19.5 Å². The van der Waals surface area contributed by atoms with E-state index in [1.54, 1.807) is 6.92 Å². The maximum atomic E-state index is 12.4. The van der Waals surface area contributed by atoms with Crippen molar-refractivity contribution >= 4 is 25.0 Å². The summed E-state index contributed by atoms with van der Waals surface area (Å²) in [5.74, 6) is -0.910. The van der Waals surface area contributed by atoms with Gasteiger partial charge < -0.3 is 19.1 Å². The number of aldehydes is 1. The van der Waals surface area contributed by atoms with Crippen LogP contribution in [0.15, 0.2) is 76.4 Å². The van der Waals surface area contributed by atoms with Crippen molar-refractivity contribution in [2.45, 2.75) is 51.2 Å². The van der Waals surface area contributed by atoms with Crippen molar-refractivity contribution in [1.29, 1.82) is 0 Å². The molecule has 2 heterocycles. The van der Waals surface area contributed by atoms with Crippen LogP contribution in [0.25, 0.3) is 0 Å². The summed E-state index contributed by atoms with van der Waals surface area (Å²) in [5.41, 5.74) is -0.935. The van der Waals surface area contributed by atoms with Crippen LogP contribution >= 0.6 is 0 Å². The number of aliphatic hydroxyl groups excluding tert-OH is 1. The molecule has 4 rings (SSSR count). The molecule has 0 unspecified atom stereocenters. The zero-order valence-electron chi connectivity index (χ0n) is 20.9. The van der Waals surface area contributed by atoms with Gasteiger partial charge in [-0.1, -0.05) is 81.4 Å². The number of ether oxygens (including phenoxy) is 1. The summed E-state index contributed by atoms with van der Waals surface area (Å²) in [4.78, 5) is 38.5. The van der Waals surface area contributed by atoms with Crippen LogP contribution < -0.4 is 21.6 Å². The van der Waals surface area contributed by atoms with Crippen molar-refractivity contribution in [1.82, 2.24) is 9.55 Å². The van der Waals surface area contributed by atoms with Crippen LogP contribution in [0.3, 0.4) is 0 Å². The van der Waals surface area contributed by atoms with Crippen LogP contribution in [-0.4, -0.2) is 48.1 Å². The summed E-state index contributed by atoms with van der Waals surface area (Å²) in [6.07, 6.45) is -1.21. The zero-order chi connectivity index (χ0) is 26.1. The Morgan fingerprint density at radius 2 is 1.61 bits per heavy atom. The van der Waals surface area contributed by atoms with E-state index < -0.39 is 43.9 Å². The third kappa shape index (κ3) is 4.55. The molecule has 8 nitrogen and oxygen atoms in total. The fourth-order valence-electron chi connectivity index (χ4n) is 5.05. The number of aromatic amines is 1. The molecule has 1 fully saturated rings. The average Bonchev–Trinajstić information content (AvgIpc) is 3.17. The van der Waals surface area contributed by atoms with E-state index in [1.807, 2.05) is 36.4 Å². The van der Waals surface area contributed by atoms with Crippen molar-refractivity contribution in [2.75, 3.05) is 6.61 Å². The maximum absolute atomic E-state index is 12.4. The quantitative estimate of drug-likeness (QED) is 0.370. The molecular formula is C27H32N2O6Si. The molecule has 0 aliphatic carbocycles. The number of aryl methyl sites for hydroxylation is 1. The molecule has 1 aliphatic rings. The predicted molar refractivity (Wildman–Crippen MR) is 139 cm³/mol. The van der Waals surface area contributed by atoms with Gasteiger partial charge in [0.1, 0.15) is 12.4 Å². The smallest absolute Gasteiger partial charge is 0.330 e. The largest absolute Gasteiger partial charge is 0.405 e. The highest BCUT2D eigenvalue weighted by molar-refractivity contribution is 6.99. The number of hydrogen-bond acceptors (Lipinski definition) is 6. The lowest BCUT2D eigenvalue weighted by Crippen LogP contribution is -2.67. The van der Waals surface area contributed by atoms with Gasteiger partial charge in [0.25, 0.3) is 13.9 Å². The minimum Gasteiger partial charge on any atom is -0.405 e. The molecule has 190 valence electrons. The molecule has 0 saturated carbocycles. The Balaban J connectivity index is 1.72. The number of aromatic nitrogens is 2. The van der Waals surface area contributed by atoms with Crippen LogP contribution in [0.2, 0.25) is 5.04 Å². The molecule has 4 atom stereocenters. The molecular weight excluding hydrogens is 476 g/mol. The third-order valence-electron chi connectivity index (χ3n) is 6.89. The van der Waals surface area contributed by atoms with Crippen LogP contribution in [0.1, 0.15) is 32.6 Å². The number of nitrogens with one attached hydrogen (secondary N) is 1. The molecule has 3 aromatic rings. The predicted octanol–water partition coefficient (Wildman–Crippen LogP) is 1.50. The van der Waals surface area contributed by atoms with Crippen molar-refractivity contribution in [3.05, 3.63) is 93.3 Å². The van der Waals surface area contributed by atoms with Gasteiger partial charge in [-0.2, -0.15) is 0 Å². The van der Waals surface area contributed by atoms with E-state index in [-0.39, 0.29) is 11.6 Å². The highest BCUT2D eigenvalue weighted by Gasteiger charge is 2.52. The molecule has 2 N–H and O–H groups in total. The van der Waals surface area contributed by atoms with Gasteiger partial charge in [-0.3, -0.25) is 14.3 Å². The van der Waals surface area contributed by atoms with Crippen molar-refractivity contribution in [3.63, 3.8) is 0 Å². The van der Waals surface area contributed by atoms with E-state index in [1.165, 1.54) is 6.20 Å². The first-order chi connectivity index (χ1) is 17.1. The lowest BCUT2D eigenvalue weighted by molar-refractivity contribution is -0.114. The number of benzene rings is 2. The molecule has 1 saturated heterocycles. The Hall–Kier alpha value is -3.11. The Labute approximate surface area is 210 Å². The van der Waals surface area contributed by atoms with Gasteiger partial charge >= 0.3 is 5.69 Å². The number of H-pyrrole nitrogens is 1. The molecule has 9 heteroatoms. The Morgan fingerprint density at radius 3 is 2.11 bits per heavy atom. The molecule has 1 aliphatic heterocycles. The van der Waals surface area contributed by atoms with Gasteiger partial charge in [0.15, 0.2) is 6.23 Å². The highest BCUT2D eigenvalue weighted by atomic mass is 28.4. The van der Waals surface area contributed by atoms with E-state index in [2.05, 4.69) is 50.0 Å². The van der Waals surface area contributed by atoms with Gasteiger partial charge in [0.05, 0.1) is 18.6 Å². The Kier molecular flexibility index (Phi) is 7.28. The molecule has 36 heavy (non-hydrogen) atoms. The molecule has 2 aromatic carbocycles. The highest BCUT2D eigenvalue weighted by Crippen LogP contribution is 2.38. The van der Waals surface area contributed by atoms with Gasteiger partial charge in [0, 0.05) is 11.8 Å². The second-order valence-electron chi connectivity index (χ2n) is 10.2. The standard InChI is InChI=1S/C27H32N2O6Si/c1-18-15-29(26(33)28-24(18)32)25-23(31)21(16-30)22(35-25)17-34-36(27(2,3)4,19-11-7-5-8-12-19)20-13-9-6-10-14-20/h5-16,21-23,25,31H,17H2,1-4H3,(H,28,32,33)/t21-,22-,23-,25-/m1/s1. The second-order valence-corrected chi connectivity index (χ2v) is 14.5. The summed E-state index contributed by atoms with van der Waals surface area (Å²) in [5, 5.41) is 12.8. The molecule has 1 aromatic heterocycles. The summed E-state index contributed by atoms with van der Waals surface area (Å²) in [6.45, 7) is 8.03. The number of nitrogens with zero attached hydrogens (tertiary/aromatic N) is 1. The van der Waals surface area contributed by atoms with Crippen LogP contribution in [0.5, 0.6) is 0 Å². The third-order valence-corrected chi connectivity index (χ3v) is 11.9. The molecule has 0 radical (unpaired) electrons. The Morgan fingerprint density at radius 1 is 1.06 bits per heavy atom. The minimum absolute atomic E-state index is 0.0430. The fourth-order valence-corrected chi connectivity index (χ4v) is 9.62. The first-order valence-corrected chi connectivity index (χ1v) is 13.9. The van der Waals surface area contributed by atoms with E-state index in [4.69, 9.17) is 9.16 Å². The lowest BCUT2D eigenvalue weighted by atomic mass is 10.0. The first kappa shape index (κ1) is 26.0. The van der Waals surface area contributed by atoms with Gasteiger partial charge in [-0.05, 0) is 22.3 Å². The zero-order valence-corrected chi connectivity index (χ0v) is 21.9. The normalized spacial score (nSPS) is 22.5. The molecule has 0 spiro atoms. The second kappa shape index (κ2) is 10.1. The van der Waals surface area contributed by atoms with Crippen LogP contribution in [0, 0.1) is 12.8 Å². The van der Waals surface area contributed by atoms with Gasteiger partial charge in [-0.25, -0.2) is 4.79 Å². The van der Waals surface area contributed by atoms with Crippen LogP contribution in [0.4, 0.5) is 0 Å². The van der Waals surface area contributed by atoms with Gasteiger partial charge in [0.2, 0.25) is 0 Å². The summed E-state index contributed by atoms with van der Waals surface area (Å²) in [6, 6.07) is 20.1. The summed E-state index contributed by atoms with van der Waals surface area (Å²) in [7, 11) is -2.90. The van der Waals surface area contributed by atoms with E-state index in [0.29, 0.717) is 11.8 Å². The maximum Gasteiger partial charge on any atom is 0.330 e. The van der Waals surface area contributed by atoms with E-state index in [0.717, 1.165) is 14.9 Å². The molecule has 0 amide bonds. The summed E-state index contributed by atoms with van der Waals surface area (Å²) >= 11 is 0. The van der Waals surface area contributed by atoms with Crippen molar-refractivity contribution in [3.8, 4) is 0 Å². The van der Waals surface area contributed by atoms with Gasteiger partial charge in [-0.15, -0.1) is 0 Å². The number of aliphatic hydroxyl groups is 1. The monoisotopic (exact) mass is 508 g/mol. The number of rotatable bonds is 7. The van der Waals surface area contributed by atoms with Crippen molar-refractivity contribution < 1.29 is 19.1 Å². The number of hydrogen-bond donors (Lipinski definition) is 2.